The lowest BCUT2D eigenvalue weighted by Gasteiger charge is -2.20. The molecular weight excluding hydrogens is 282 g/mol. The summed E-state index contributed by atoms with van der Waals surface area (Å²) in [5.41, 5.74) is 1.15. The number of halogens is 1. The smallest absolute Gasteiger partial charge is 0.132 e. The van der Waals surface area contributed by atoms with Gasteiger partial charge in [0.05, 0.1) is 0 Å². The van der Waals surface area contributed by atoms with Crippen LogP contribution in [0.5, 0.6) is 5.75 Å². The monoisotopic (exact) mass is 303 g/mol. The molecule has 0 aliphatic rings. The third-order valence-electron chi connectivity index (χ3n) is 3.45. The predicted molar refractivity (Wildman–Crippen MR) is 91.1 cm³/mol. The highest BCUT2D eigenvalue weighted by Crippen LogP contribution is 2.34. The molecule has 0 heterocycles. The Bertz CT molecular complexity index is 624. The van der Waals surface area contributed by atoms with E-state index in [1.807, 2.05) is 12.1 Å². The van der Waals surface area contributed by atoms with E-state index in [1.165, 1.54) is 5.39 Å². The zero-order chi connectivity index (χ0) is 15.2. The Hall–Kier alpha value is -1.51. The molecule has 1 atom stereocenters. The van der Waals surface area contributed by atoms with E-state index in [0.717, 1.165) is 29.7 Å². The molecule has 1 N–H and O–H groups in total. The molecular formula is C18H22ClNO. The maximum absolute atomic E-state index is 5.94. The zero-order valence-electron chi connectivity index (χ0n) is 12.7. The van der Waals surface area contributed by atoms with Crippen LogP contribution in [0, 0.1) is 0 Å². The molecule has 0 saturated heterocycles. The largest absolute Gasteiger partial charge is 0.487 e. The van der Waals surface area contributed by atoms with Gasteiger partial charge in [-0.1, -0.05) is 61.5 Å². The second-order valence-corrected chi connectivity index (χ2v) is 5.72. The molecule has 0 aliphatic carbocycles. The van der Waals surface area contributed by atoms with Gasteiger partial charge in [0.2, 0.25) is 0 Å². The van der Waals surface area contributed by atoms with Gasteiger partial charge in [0.1, 0.15) is 12.4 Å². The van der Waals surface area contributed by atoms with Gasteiger partial charge in [0.25, 0.3) is 0 Å². The first kappa shape index (κ1) is 15.9. The highest BCUT2D eigenvalue weighted by molar-refractivity contribution is 6.29. The number of benzene rings is 2. The molecule has 2 rings (SSSR count). The van der Waals surface area contributed by atoms with E-state index in [9.17, 15) is 0 Å². The summed E-state index contributed by atoms with van der Waals surface area (Å²) >= 11 is 5.86. The van der Waals surface area contributed by atoms with E-state index in [-0.39, 0.29) is 6.04 Å². The van der Waals surface area contributed by atoms with Crippen LogP contribution in [0.2, 0.25) is 0 Å². The summed E-state index contributed by atoms with van der Waals surface area (Å²) in [6, 6.07) is 12.7. The standard InChI is InChI=1S/C18H22ClNO/c1-4-11-20-14(3)16-10-9-15-7-5-6-8-17(15)18(16)21-12-13(2)19/h5-10,14,20H,2,4,11-12H2,1,3H3. The lowest BCUT2D eigenvalue weighted by molar-refractivity contribution is 0.355. The second-order valence-electron chi connectivity index (χ2n) is 5.19. The van der Waals surface area contributed by atoms with Crippen molar-refractivity contribution in [3.05, 3.63) is 53.6 Å². The summed E-state index contributed by atoms with van der Waals surface area (Å²) in [4.78, 5) is 0. The van der Waals surface area contributed by atoms with Gasteiger partial charge in [-0.05, 0) is 25.3 Å². The predicted octanol–water partition coefficient (Wildman–Crippen LogP) is 5.03. The number of rotatable bonds is 7. The number of ether oxygens (including phenoxy) is 1. The van der Waals surface area contributed by atoms with Crippen molar-refractivity contribution in [1.82, 2.24) is 5.32 Å². The number of hydrogen-bond acceptors (Lipinski definition) is 2. The van der Waals surface area contributed by atoms with Crippen molar-refractivity contribution in [1.29, 1.82) is 0 Å². The number of hydrogen-bond donors (Lipinski definition) is 1. The Kier molecular flexibility index (Phi) is 5.66. The van der Waals surface area contributed by atoms with Crippen molar-refractivity contribution in [3.8, 4) is 5.75 Å². The van der Waals surface area contributed by atoms with Crippen LogP contribution in [0.1, 0.15) is 31.9 Å². The number of nitrogens with one attached hydrogen (secondary N) is 1. The third-order valence-corrected chi connectivity index (χ3v) is 3.56. The van der Waals surface area contributed by atoms with Crippen LogP contribution in [-0.2, 0) is 0 Å². The van der Waals surface area contributed by atoms with Crippen LogP contribution in [0.15, 0.2) is 48.0 Å². The molecule has 0 aliphatic heterocycles. The van der Waals surface area contributed by atoms with Crippen molar-refractivity contribution >= 4 is 22.4 Å². The van der Waals surface area contributed by atoms with E-state index in [4.69, 9.17) is 16.3 Å². The molecule has 2 nitrogen and oxygen atoms in total. The van der Waals surface area contributed by atoms with Gasteiger partial charge in [-0.15, -0.1) is 0 Å². The molecule has 0 radical (unpaired) electrons. The minimum absolute atomic E-state index is 0.230. The van der Waals surface area contributed by atoms with Crippen LogP contribution in [-0.4, -0.2) is 13.2 Å². The summed E-state index contributed by atoms with van der Waals surface area (Å²) in [7, 11) is 0. The Balaban J connectivity index is 2.42. The molecule has 2 aromatic rings. The third kappa shape index (κ3) is 3.99. The topological polar surface area (TPSA) is 21.3 Å². The summed E-state index contributed by atoms with van der Waals surface area (Å²) in [5.74, 6) is 0.894. The van der Waals surface area contributed by atoms with Crippen LogP contribution in [0.4, 0.5) is 0 Å². The molecule has 2 aromatic carbocycles. The fourth-order valence-corrected chi connectivity index (χ4v) is 2.44. The van der Waals surface area contributed by atoms with Crippen molar-refractivity contribution in [2.45, 2.75) is 26.3 Å². The minimum Gasteiger partial charge on any atom is -0.487 e. The molecule has 0 saturated carbocycles. The Morgan fingerprint density at radius 3 is 2.76 bits per heavy atom. The van der Waals surface area contributed by atoms with Gasteiger partial charge in [0.15, 0.2) is 0 Å². The molecule has 0 spiro atoms. The Labute approximate surface area is 131 Å². The van der Waals surface area contributed by atoms with Crippen LogP contribution < -0.4 is 10.1 Å². The first-order valence-corrected chi connectivity index (χ1v) is 7.72. The highest BCUT2D eigenvalue weighted by atomic mass is 35.5. The molecule has 0 bridgehead atoms. The lowest BCUT2D eigenvalue weighted by atomic mass is 10.0. The second kappa shape index (κ2) is 7.48. The van der Waals surface area contributed by atoms with Gasteiger partial charge >= 0.3 is 0 Å². The summed E-state index contributed by atoms with van der Waals surface area (Å²) in [6.45, 7) is 9.32. The molecule has 112 valence electrons. The fraction of sp³-hybridized carbons (Fsp3) is 0.333. The van der Waals surface area contributed by atoms with Gasteiger partial charge in [-0.3, -0.25) is 0 Å². The first-order chi connectivity index (χ1) is 10.1. The van der Waals surface area contributed by atoms with Crippen LogP contribution >= 0.6 is 11.6 Å². The lowest BCUT2D eigenvalue weighted by Crippen LogP contribution is -2.20. The number of fused-ring (bicyclic) bond motifs is 1. The van der Waals surface area contributed by atoms with Crippen molar-refractivity contribution in [2.24, 2.45) is 0 Å². The average Bonchev–Trinajstić information content (AvgIpc) is 2.49. The maximum atomic E-state index is 5.94. The van der Waals surface area contributed by atoms with E-state index < -0.39 is 0 Å². The summed E-state index contributed by atoms with van der Waals surface area (Å²) in [6.07, 6.45) is 1.10. The fourth-order valence-electron chi connectivity index (χ4n) is 2.38. The molecule has 0 amide bonds. The van der Waals surface area contributed by atoms with Gasteiger partial charge in [-0.25, -0.2) is 0 Å². The van der Waals surface area contributed by atoms with Crippen molar-refractivity contribution in [3.63, 3.8) is 0 Å². The summed E-state index contributed by atoms with van der Waals surface area (Å²) in [5, 5.41) is 6.28. The van der Waals surface area contributed by atoms with E-state index in [0.29, 0.717) is 11.6 Å². The summed E-state index contributed by atoms with van der Waals surface area (Å²) < 4.78 is 5.94. The maximum Gasteiger partial charge on any atom is 0.132 e. The Morgan fingerprint density at radius 2 is 2.05 bits per heavy atom. The average molecular weight is 304 g/mol. The van der Waals surface area contributed by atoms with Crippen molar-refractivity contribution in [2.75, 3.05) is 13.2 Å². The van der Waals surface area contributed by atoms with Gasteiger partial charge in [-0.2, -0.15) is 0 Å². The molecule has 3 heteroatoms. The first-order valence-electron chi connectivity index (χ1n) is 7.34. The van der Waals surface area contributed by atoms with Crippen molar-refractivity contribution < 1.29 is 4.74 Å². The SMILES string of the molecule is C=C(Cl)COc1c(C(C)NCCC)ccc2ccccc12. The molecule has 0 fully saturated rings. The van der Waals surface area contributed by atoms with Crippen LogP contribution in [0.25, 0.3) is 10.8 Å². The van der Waals surface area contributed by atoms with E-state index >= 15 is 0 Å². The highest BCUT2D eigenvalue weighted by Gasteiger charge is 2.14. The van der Waals surface area contributed by atoms with E-state index in [2.05, 4.69) is 50.0 Å². The normalized spacial score (nSPS) is 12.3. The minimum atomic E-state index is 0.230. The van der Waals surface area contributed by atoms with Crippen LogP contribution in [0.3, 0.4) is 0 Å². The zero-order valence-corrected chi connectivity index (χ0v) is 13.4. The Morgan fingerprint density at radius 1 is 1.29 bits per heavy atom. The molecule has 0 aromatic heterocycles. The quantitative estimate of drug-likeness (QED) is 0.774. The molecule has 1 unspecified atom stereocenters. The molecule has 21 heavy (non-hydrogen) atoms. The van der Waals surface area contributed by atoms with E-state index in [1.54, 1.807) is 0 Å². The van der Waals surface area contributed by atoms with Gasteiger partial charge in [0, 0.05) is 22.0 Å². The van der Waals surface area contributed by atoms with Gasteiger partial charge < -0.3 is 10.1 Å².